The van der Waals surface area contributed by atoms with Crippen LogP contribution < -0.4 is 5.32 Å². The summed E-state index contributed by atoms with van der Waals surface area (Å²) in [5.74, 6) is 0.551. The fourth-order valence-corrected chi connectivity index (χ4v) is 3.14. The van der Waals surface area contributed by atoms with Gasteiger partial charge in [0.1, 0.15) is 0 Å². The van der Waals surface area contributed by atoms with Crippen molar-refractivity contribution in [3.63, 3.8) is 0 Å². The topological polar surface area (TPSA) is 52.5 Å². The van der Waals surface area contributed by atoms with E-state index in [0.29, 0.717) is 12.0 Å². The van der Waals surface area contributed by atoms with Gasteiger partial charge in [-0.05, 0) is 61.4 Å². The Morgan fingerprint density at radius 1 is 1.12 bits per heavy atom. The van der Waals surface area contributed by atoms with Gasteiger partial charge in [-0.15, -0.1) is 0 Å². The standard InChI is InChI=1S/C13H17NO2/c15-12-6-8-3-4-11-9(2-1-5-14-11)10(8)7-13(12)16/h6-7,9,11,14-16H,1-5H2/t9-,11-/m1/s1. The summed E-state index contributed by atoms with van der Waals surface area (Å²) >= 11 is 0. The van der Waals surface area contributed by atoms with Crippen molar-refractivity contribution in [2.45, 2.75) is 37.6 Å². The highest BCUT2D eigenvalue weighted by atomic mass is 16.3. The Labute approximate surface area is 95.1 Å². The van der Waals surface area contributed by atoms with Crippen LogP contribution in [0.1, 0.15) is 36.3 Å². The summed E-state index contributed by atoms with van der Waals surface area (Å²) in [5, 5.41) is 22.7. The summed E-state index contributed by atoms with van der Waals surface area (Å²) in [6.07, 6.45) is 4.52. The second-order valence-electron chi connectivity index (χ2n) is 4.89. The Kier molecular flexibility index (Phi) is 2.28. The van der Waals surface area contributed by atoms with E-state index in [4.69, 9.17) is 0 Å². The van der Waals surface area contributed by atoms with E-state index in [0.717, 1.165) is 19.4 Å². The Bertz CT molecular complexity index is 417. The number of aromatic hydroxyl groups is 2. The predicted molar refractivity (Wildman–Crippen MR) is 61.9 cm³/mol. The third kappa shape index (κ3) is 1.47. The molecule has 2 aliphatic rings. The van der Waals surface area contributed by atoms with Gasteiger partial charge in [-0.3, -0.25) is 0 Å². The molecule has 1 fully saturated rings. The molecule has 1 aliphatic carbocycles. The van der Waals surface area contributed by atoms with E-state index in [9.17, 15) is 10.2 Å². The molecule has 0 aromatic heterocycles. The van der Waals surface area contributed by atoms with Crippen molar-refractivity contribution in [1.82, 2.24) is 5.32 Å². The van der Waals surface area contributed by atoms with Gasteiger partial charge in [0.25, 0.3) is 0 Å². The Morgan fingerprint density at radius 2 is 1.94 bits per heavy atom. The highest BCUT2D eigenvalue weighted by Gasteiger charge is 2.31. The molecule has 1 aliphatic heterocycles. The van der Waals surface area contributed by atoms with Crippen molar-refractivity contribution in [3.05, 3.63) is 23.3 Å². The zero-order valence-electron chi connectivity index (χ0n) is 9.24. The number of benzene rings is 1. The van der Waals surface area contributed by atoms with Crippen molar-refractivity contribution >= 4 is 0 Å². The minimum atomic E-state index is 0.0148. The van der Waals surface area contributed by atoms with Crippen molar-refractivity contribution in [2.75, 3.05) is 6.54 Å². The largest absolute Gasteiger partial charge is 0.504 e. The predicted octanol–water partition coefficient (Wildman–Crippen LogP) is 1.88. The van der Waals surface area contributed by atoms with Gasteiger partial charge in [0.15, 0.2) is 11.5 Å². The lowest BCUT2D eigenvalue weighted by molar-refractivity contribution is 0.316. The van der Waals surface area contributed by atoms with Gasteiger partial charge in [-0.1, -0.05) is 0 Å². The van der Waals surface area contributed by atoms with Gasteiger partial charge in [0, 0.05) is 6.04 Å². The van der Waals surface area contributed by atoms with Crippen molar-refractivity contribution in [3.8, 4) is 11.5 Å². The molecule has 1 saturated heterocycles. The Morgan fingerprint density at radius 3 is 2.81 bits per heavy atom. The van der Waals surface area contributed by atoms with E-state index < -0.39 is 0 Å². The van der Waals surface area contributed by atoms with Crippen LogP contribution in [-0.2, 0) is 6.42 Å². The lowest BCUT2D eigenvalue weighted by Crippen LogP contribution is -2.42. The third-order valence-corrected chi connectivity index (χ3v) is 3.94. The lowest BCUT2D eigenvalue weighted by Gasteiger charge is -2.38. The fourth-order valence-electron chi connectivity index (χ4n) is 3.14. The summed E-state index contributed by atoms with van der Waals surface area (Å²) in [7, 11) is 0. The van der Waals surface area contributed by atoms with Crippen LogP contribution in [0.2, 0.25) is 0 Å². The minimum absolute atomic E-state index is 0.0148. The first kappa shape index (κ1) is 9.97. The third-order valence-electron chi connectivity index (χ3n) is 3.94. The van der Waals surface area contributed by atoms with E-state index in [-0.39, 0.29) is 11.5 Å². The molecule has 2 atom stereocenters. The molecule has 0 saturated carbocycles. The zero-order valence-corrected chi connectivity index (χ0v) is 9.24. The molecule has 1 aromatic rings. The quantitative estimate of drug-likeness (QED) is 0.584. The van der Waals surface area contributed by atoms with E-state index in [2.05, 4.69) is 5.32 Å². The zero-order chi connectivity index (χ0) is 11.1. The number of hydrogen-bond donors (Lipinski definition) is 3. The summed E-state index contributed by atoms with van der Waals surface area (Å²) in [4.78, 5) is 0. The molecular weight excluding hydrogens is 202 g/mol. The monoisotopic (exact) mass is 219 g/mol. The second kappa shape index (κ2) is 3.67. The molecule has 1 heterocycles. The normalized spacial score (nSPS) is 28.2. The van der Waals surface area contributed by atoms with Crippen LogP contribution in [0.4, 0.5) is 0 Å². The molecular formula is C13H17NO2. The highest BCUT2D eigenvalue weighted by molar-refractivity contribution is 5.48. The molecule has 86 valence electrons. The van der Waals surface area contributed by atoms with E-state index in [1.54, 1.807) is 12.1 Å². The average Bonchev–Trinajstić information content (AvgIpc) is 2.31. The van der Waals surface area contributed by atoms with E-state index >= 15 is 0 Å². The van der Waals surface area contributed by atoms with Crippen LogP contribution in [0.3, 0.4) is 0 Å². The number of hydrogen-bond acceptors (Lipinski definition) is 3. The number of aryl methyl sites for hydroxylation is 1. The SMILES string of the molecule is Oc1cc2c(cc1O)[C@H]1CCCN[C@@H]1CC2. The average molecular weight is 219 g/mol. The van der Waals surface area contributed by atoms with Gasteiger partial charge in [0.2, 0.25) is 0 Å². The molecule has 1 aromatic carbocycles. The second-order valence-corrected chi connectivity index (χ2v) is 4.89. The van der Waals surface area contributed by atoms with E-state index in [1.165, 1.54) is 24.0 Å². The molecule has 3 rings (SSSR count). The van der Waals surface area contributed by atoms with Crippen molar-refractivity contribution in [2.24, 2.45) is 0 Å². The first-order valence-corrected chi connectivity index (χ1v) is 6.04. The first-order chi connectivity index (χ1) is 7.75. The van der Waals surface area contributed by atoms with Crippen LogP contribution >= 0.6 is 0 Å². The maximum Gasteiger partial charge on any atom is 0.157 e. The summed E-state index contributed by atoms with van der Waals surface area (Å²) in [6, 6.07) is 4.05. The number of nitrogens with one attached hydrogen (secondary N) is 1. The Hall–Kier alpha value is -1.22. The summed E-state index contributed by atoms with van der Waals surface area (Å²) < 4.78 is 0. The van der Waals surface area contributed by atoms with E-state index in [1.807, 2.05) is 0 Å². The number of phenolic OH excluding ortho intramolecular Hbond substituents is 2. The minimum Gasteiger partial charge on any atom is -0.504 e. The lowest BCUT2D eigenvalue weighted by atomic mass is 9.75. The van der Waals surface area contributed by atoms with Gasteiger partial charge in [-0.2, -0.15) is 0 Å². The smallest absolute Gasteiger partial charge is 0.157 e. The fraction of sp³-hybridized carbons (Fsp3) is 0.538. The molecule has 0 radical (unpaired) electrons. The molecule has 3 N–H and O–H groups in total. The van der Waals surface area contributed by atoms with Gasteiger partial charge in [-0.25, -0.2) is 0 Å². The molecule has 0 amide bonds. The molecule has 0 spiro atoms. The first-order valence-electron chi connectivity index (χ1n) is 6.04. The van der Waals surface area contributed by atoms with Gasteiger partial charge in [0.05, 0.1) is 0 Å². The number of phenols is 2. The van der Waals surface area contributed by atoms with Crippen LogP contribution in [0.15, 0.2) is 12.1 Å². The van der Waals surface area contributed by atoms with Crippen molar-refractivity contribution < 1.29 is 10.2 Å². The number of piperidine rings is 1. The maximum absolute atomic E-state index is 9.60. The summed E-state index contributed by atoms with van der Waals surface area (Å²) in [6.45, 7) is 1.11. The molecule has 3 nitrogen and oxygen atoms in total. The van der Waals surface area contributed by atoms with Crippen LogP contribution in [0.25, 0.3) is 0 Å². The summed E-state index contributed by atoms with van der Waals surface area (Å²) in [5.41, 5.74) is 2.44. The van der Waals surface area contributed by atoms with Crippen LogP contribution in [0, 0.1) is 0 Å². The van der Waals surface area contributed by atoms with Crippen LogP contribution in [0.5, 0.6) is 11.5 Å². The molecule has 0 bridgehead atoms. The molecule has 16 heavy (non-hydrogen) atoms. The van der Waals surface area contributed by atoms with Gasteiger partial charge >= 0.3 is 0 Å². The van der Waals surface area contributed by atoms with Crippen molar-refractivity contribution in [1.29, 1.82) is 0 Å². The van der Waals surface area contributed by atoms with Crippen LogP contribution in [-0.4, -0.2) is 22.8 Å². The Balaban J connectivity index is 2.04. The highest BCUT2D eigenvalue weighted by Crippen LogP contribution is 2.41. The number of fused-ring (bicyclic) bond motifs is 3. The number of rotatable bonds is 0. The molecule has 0 unspecified atom stereocenters. The van der Waals surface area contributed by atoms with Gasteiger partial charge < -0.3 is 15.5 Å². The molecule has 3 heteroatoms. The maximum atomic E-state index is 9.60.